The Morgan fingerprint density at radius 3 is 2.06 bits per heavy atom. The first-order valence-corrected chi connectivity index (χ1v) is 11.1. The second-order valence-corrected chi connectivity index (χ2v) is 9.10. The van der Waals surface area contributed by atoms with Crippen LogP contribution in [-0.4, -0.2) is 53.9 Å². The number of hydrogen-bond donors (Lipinski definition) is 1. The summed E-state index contributed by atoms with van der Waals surface area (Å²) in [5, 5.41) is 3.68. The summed E-state index contributed by atoms with van der Waals surface area (Å²) < 4.78 is 5.43. The Morgan fingerprint density at radius 2 is 1.50 bits per heavy atom. The zero-order chi connectivity index (χ0) is 22.8. The molecule has 0 bridgehead atoms. The number of benzene rings is 2. The van der Waals surface area contributed by atoms with Gasteiger partial charge in [0.25, 0.3) is 5.91 Å². The summed E-state index contributed by atoms with van der Waals surface area (Å²) in [5.74, 6) is 0.258. The highest BCUT2D eigenvalue weighted by molar-refractivity contribution is 6.34. The van der Waals surface area contributed by atoms with Crippen LogP contribution in [-0.2, 0) is 16.1 Å². The topological polar surface area (TPSA) is 79.0 Å². The number of ether oxygens (including phenoxy) is 1. The molecular formula is C23H23Cl2N3O4. The predicted molar refractivity (Wildman–Crippen MR) is 122 cm³/mol. The van der Waals surface area contributed by atoms with Crippen LogP contribution in [0.4, 0.5) is 10.5 Å². The van der Waals surface area contributed by atoms with Gasteiger partial charge in [-0.2, -0.15) is 0 Å². The van der Waals surface area contributed by atoms with E-state index >= 15 is 0 Å². The van der Waals surface area contributed by atoms with Crippen molar-refractivity contribution in [2.45, 2.75) is 13.5 Å². The fourth-order valence-corrected chi connectivity index (χ4v) is 4.89. The Hall–Kier alpha value is -2.77. The first kappa shape index (κ1) is 22.4. The zero-order valence-corrected chi connectivity index (χ0v) is 19.0. The fourth-order valence-electron chi connectivity index (χ4n) is 4.32. The van der Waals surface area contributed by atoms with E-state index in [1.165, 1.54) is 6.92 Å². The molecule has 0 radical (unpaired) electrons. The van der Waals surface area contributed by atoms with E-state index in [4.69, 9.17) is 27.9 Å². The first-order chi connectivity index (χ1) is 15.3. The molecule has 2 aliphatic heterocycles. The van der Waals surface area contributed by atoms with Gasteiger partial charge in [0.1, 0.15) is 6.61 Å². The van der Waals surface area contributed by atoms with Gasteiger partial charge in [-0.15, -0.1) is 0 Å². The van der Waals surface area contributed by atoms with E-state index in [0.717, 1.165) is 5.56 Å². The van der Waals surface area contributed by atoms with E-state index in [9.17, 15) is 14.4 Å². The van der Waals surface area contributed by atoms with Gasteiger partial charge in [0.15, 0.2) is 0 Å². The molecule has 2 aliphatic rings. The van der Waals surface area contributed by atoms with E-state index in [-0.39, 0.29) is 36.4 Å². The van der Waals surface area contributed by atoms with Gasteiger partial charge >= 0.3 is 6.09 Å². The number of likely N-dealkylation sites (tertiary alicyclic amines) is 2. The van der Waals surface area contributed by atoms with Crippen molar-refractivity contribution >= 4 is 46.8 Å². The van der Waals surface area contributed by atoms with Crippen molar-refractivity contribution in [3.8, 4) is 0 Å². The Morgan fingerprint density at radius 1 is 0.938 bits per heavy atom. The van der Waals surface area contributed by atoms with Crippen LogP contribution in [0.15, 0.2) is 42.5 Å². The van der Waals surface area contributed by atoms with Crippen molar-refractivity contribution in [2.24, 2.45) is 11.8 Å². The molecule has 168 valence electrons. The number of nitrogens with one attached hydrogen (secondary N) is 1. The van der Waals surface area contributed by atoms with E-state index in [2.05, 4.69) is 5.32 Å². The average Bonchev–Trinajstić information content (AvgIpc) is 3.30. The smallest absolute Gasteiger partial charge is 0.410 e. The Labute approximate surface area is 196 Å². The van der Waals surface area contributed by atoms with Crippen molar-refractivity contribution in [1.29, 1.82) is 0 Å². The minimum atomic E-state index is -0.373. The van der Waals surface area contributed by atoms with Crippen LogP contribution in [0.2, 0.25) is 10.0 Å². The van der Waals surface area contributed by atoms with Crippen LogP contribution in [0.25, 0.3) is 0 Å². The lowest BCUT2D eigenvalue weighted by Gasteiger charge is -2.22. The van der Waals surface area contributed by atoms with Crippen LogP contribution in [0, 0.1) is 11.8 Å². The molecular weight excluding hydrogens is 453 g/mol. The van der Waals surface area contributed by atoms with Crippen molar-refractivity contribution < 1.29 is 19.1 Å². The normalized spacial score (nSPS) is 19.6. The molecule has 4 rings (SSSR count). The molecule has 2 atom stereocenters. The highest BCUT2D eigenvalue weighted by Gasteiger charge is 2.43. The van der Waals surface area contributed by atoms with Crippen LogP contribution in [0.1, 0.15) is 22.8 Å². The molecule has 2 heterocycles. The van der Waals surface area contributed by atoms with Crippen LogP contribution in [0.3, 0.4) is 0 Å². The minimum Gasteiger partial charge on any atom is -0.445 e. The van der Waals surface area contributed by atoms with Crippen molar-refractivity contribution in [1.82, 2.24) is 9.80 Å². The van der Waals surface area contributed by atoms with Gasteiger partial charge in [-0.3, -0.25) is 9.59 Å². The number of anilines is 1. The minimum absolute atomic E-state index is 0.0410. The van der Waals surface area contributed by atoms with E-state index < -0.39 is 0 Å². The Kier molecular flexibility index (Phi) is 6.58. The third-order valence-electron chi connectivity index (χ3n) is 5.77. The third kappa shape index (κ3) is 5.16. The average molecular weight is 476 g/mol. The summed E-state index contributed by atoms with van der Waals surface area (Å²) in [5.41, 5.74) is 1.97. The summed E-state index contributed by atoms with van der Waals surface area (Å²) in [6.07, 6.45) is -0.373. The Balaban J connectivity index is 1.28. The second-order valence-electron chi connectivity index (χ2n) is 8.23. The maximum Gasteiger partial charge on any atom is 0.410 e. The zero-order valence-electron chi connectivity index (χ0n) is 17.5. The van der Waals surface area contributed by atoms with Crippen molar-refractivity contribution in [2.75, 3.05) is 31.5 Å². The van der Waals surface area contributed by atoms with Gasteiger partial charge in [-0.05, 0) is 48.0 Å². The summed E-state index contributed by atoms with van der Waals surface area (Å²) in [6, 6.07) is 11.9. The van der Waals surface area contributed by atoms with Gasteiger partial charge in [-0.25, -0.2) is 4.79 Å². The first-order valence-electron chi connectivity index (χ1n) is 10.3. The molecule has 0 spiro atoms. The quantitative estimate of drug-likeness (QED) is 0.714. The van der Waals surface area contributed by atoms with E-state index in [1.807, 2.05) is 4.90 Å². The molecule has 3 amide bonds. The molecule has 0 aliphatic carbocycles. The lowest BCUT2D eigenvalue weighted by Crippen LogP contribution is -2.35. The number of nitrogens with zero attached hydrogens (tertiary/aromatic N) is 2. The molecule has 2 fully saturated rings. The van der Waals surface area contributed by atoms with Crippen molar-refractivity contribution in [3.63, 3.8) is 0 Å². The maximum atomic E-state index is 12.9. The molecule has 0 aromatic heterocycles. The van der Waals surface area contributed by atoms with Gasteiger partial charge in [0, 0.05) is 66.2 Å². The highest BCUT2D eigenvalue weighted by Crippen LogP contribution is 2.32. The van der Waals surface area contributed by atoms with Crippen LogP contribution < -0.4 is 5.32 Å². The molecule has 7 nitrogen and oxygen atoms in total. The summed E-state index contributed by atoms with van der Waals surface area (Å²) >= 11 is 12.0. The molecule has 2 aromatic rings. The van der Waals surface area contributed by atoms with E-state index in [0.29, 0.717) is 47.5 Å². The van der Waals surface area contributed by atoms with Crippen LogP contribution >= 0.6 is 23.2 Å². The van der Waals surface area contributed by atoms with Crippen molar-refractivity contribution in [3.05, 3.63) is 63.6 Å². The predicted octanol–water partition coefficient (Wildman–Crippen LogP) is 4.29. The lowest BCUT2D eigenvalue weighted by atomic mass is 10.0. The summed E-state index contributed by atoms with van der Waals surface area (Å²) in [7, 11) is 0. The lowest BCUT2D eigenvalue weighted by molar-refractivity contribution is -0.114. The van der Waals surface area contributed by atoms with E-state index in [1.54, 1.807) is 47.4 Å². The monoisotopic (exact) mass is 475 g/mol. The Bertz CT molecular complexity index is 1010. The number of amides is 3. The number of carbonyl (C=O) groups excluding carboxylic acids is 3. The number of fused-ring (bicyclic) bond motifs is 1. The van der Waals surface area contributed by atoms with Gasteiger partial charge in [0.2, 0.25) is 5.91 Å². The molecule has 2 aromatic carbocycles. The number of rotatable bonds is 4. The summed E-state index contributed by atoms with van der Waals surface area (Å²) in [6.45, 7) is 3.86. The molecule has 1 N–H and O–H groups in total. The summed E-state index contributed by atoms with van der Waals surface area (Å²) in [4.78, 5) is 40.0. The van der Waals surface area contributed by atoms with Crippen LogP contribution in [0.5, 0.6) is 0 Å². The molecule has 2 saturated heterocycles. The molecule has 0 unspecified atom stereocenters. The molecule has 0 saturated carbocycles. The number of carbonyl (C=O) groups is 3. The second kappa shape index (κ2) is 9.38. The maximum absolute atomic E-state index is 12.9. The number of hydrogen-bond acceptors (Lipinski definition) is 4. The van der Waals surface area contributed by atoms with Gasteiger partial charge < -0.3 is 19.9 Å². The standard InChI is InChI=1S/C23H23Cl2N3O4/c1-14(29)26-21-4-2-16(3-5-21)22(30)27-9-17-11-28(12-18(17)10-27)23(31)32-13-15-6-19(24)8-20(25)7-15/h2-8,17-18H,9-13H2,1H3,(H,26,29)/t17-,18-/m1/s1. The highest BCUT2D eigenvalue weighted by atomic mass is 35.5. The third-order valence-corrected chi connectivity index (χ3v) is 6.20. The van der Waals surface area contributed by atoms with Gasteiger partial charge in [0.05, 0.1) is 0 Å². The molecule has 9 heteroatoms. The largest absolute Gasteiger partial charge is 0.445 e. The molecule has 32 heavy (non-hydrogen) atoms. The SMILES string of the molecule is CC(=O)Nc1ccc(C(=O)N2C[C@@H]3CN(C(=O)OCc4cc(Cl)cc(Cl)c4)C[C@H]3C2)cc1. The fraction of sp³-hybridized carbons (Fsp3) is 0.348. The number of halogens is 2. The van der Waals surface area contributed by atoms with Gasteiger partial charge in [-0.1, -0.05) is 23.2 Å².